The summed E-state index contributed by atoms with van der Waals surface area (Å²) < 4.78 is 41.0. The third kappa shape index (κ3) is 3.14. The molecule has 1 aromatic rings. The van der Waals surface area contributed by atoms with E-state index in [1.165, 1.54) is 6.26 Å². The van der Waals surface area contributed by atoms with Crippen LogP contribution < -0.4 is 0 Å². The lowest BCUT2D eigenvalue weighted by Crippen LogP contribution is -2.20. The van der Waals surface area contributed by atoms with Crippen molar-refractivity contribution in [3.63, 3.8) is 0 Å². The second-order valence-electron chi connectivity index (χ2n) is 2.78. The third-order valence-corrected chi connectivity index (χ3v) is 2.39. The molecule has 0 aliphatic rings. The Morgan fingerprint density at radius 2 is 2.29 bits per heavy atom. The van der Waals surface area contributed by atoms with Crippen molar-refractivity contribution < 1.29 is 17.4 Å². The standard InChI is InChI=1S/C7H8BF3NOS/c1-5(8(9,10)11)4-14-7-12-6(2)3-13-7/h3H,1,4H2,2H3/q-1. The first kappa shape index (κ1) is 11.2. The molecular weight excluding hydrogens is 214 g/mol. The summed E-state index contributed by atoms with van der Waals surface area (Å²) in [6.45, 7) is -0.283. The Hall–Kier alpha value is -0.845. The second kappa shape index (κ2) is 4.12. The summed E-state index contributed by atoms with van der Waals surface area (Å²) in [5, 5.41) is 0.240. The molecule has 0 bridgehead atoms. The largest absolute Gasteiger partial charge is 0.505 e. The Bertz CT molecular complexity index is 336. The average molecular weight is 222 g/mol. The van der Waals surface area contributed by atoms with Crippen molar-refractivity contribution in [2.45, 2.75) is 12.1 Å². The predicted molar refractivity (Wildman–Crippen MR) is 50.2 cm³/mol. The average Bonchev–Trinajstić information content (AvgIpc) is 2.45. The van der Waals surface area contributed by atoms with Gasteiger partial charge in [-0.1, -0.05) is 11.8 Å². The monoisotopic (exact) mass is 222 g/mol. The fourth-order valence-corrected chi connectivity index (χ4v) is 1.47. The minimum Gasteiger partial charge on any atom is -0.445 e. The van der Waals surface area contributed by atoms with Gasteiger partial charge in [-0.3, -0.25) is 0 Å². The van der Waals surface area contributed by atoms with Crippen LogP contribution in [-0.4, -0.2) is 17.7 Å². The van der Waals surface area contributed by atoms with Gasteiger partial charge >= 0.3 is 6.98 Å². The predicted octanol–water partition coefficient (Wildman–Crippen LogP) is 3.02. The van der Waals surface area contributed by atoms with E-state index in [0.717, 1.165) is 11.8 Å². The van der Waals surface area contributed by atoms with Crippen LogP contribution in [0.3, 0.4) is 0 Å². The number of rotatable bonds is 4. The van der Waals surface area contributed by atoms with Gasteiger partial charge in [-0.2, -0.15) is 0 Å². The van der Waals surface area contributed by atoms with E-state index in [1.54, 1.807) is 6.92 Å². The number of hydrogen-bond donors (Lipinski definition) is 0. The van der Waals surface area contributed by atoms with Crippen LogP contribution in [0, 0.1) is 6.92 Å². The molecular formula is C7H8BF3NOS-. The van der Waals surface area contributed by atoms with Crippen LogP contribution >= 0.6 is 11.8 Å². The number of nitrogens with zero attached hydrogens (tertiary/aromatic N) is 1. The minimum atomic E-state index is -4.95. The molecule has 0 aliphatic carbocycles. The molecule has 0 spiro atoms. The van der Waals surface area contributed by atoms with Gasteiger partial charge < -0.3 is 17.4 Å². The first-order chi connectivity index (χ1) is 6.39. The Labute approximate surface area is 83.6 Å². The smallest absolute Gasteiger partial charge is 0.445 e. The summed E-state index contributed by atoms with van der Waals surface area (Å²) in [4.78, 5) is 3.86. The summed E-state index contributed by atoms with van der Waals surface area (Å²) in [6, 6.07) is 0. The molecule has 78 valence electrons. The van der Waals surface area contributed by atoms with E-state index >= 15 is 0 Å². The molecule has 0 aromatic carbocycles. The summed E-state index contributed by atoms with van der Waals surface area (Å²) >= 11 is 0.895. The Kier molecular flexibility index (Phi) is 3.31. The SMILES string of the molecule is C=C(CSc1nc(C)co1)[B-](F)(F)F. The van der Waals surface area contributed by atoms with E-state index in [0.29, 0.717) is 5.69 Å². The number of oxazole rings is 1. The summed E-state index contributed by atoms with van der Waals surface area (Å²) in [5.41, 5.74) is -0.0820. The number of thioether (sulfide) groups is 1. The van der Waals surface area contributed by atoms with Gasteiger partial charge in [-0.05, 0) is 12.7 Å². The van der Waals surface area contributed by atoms with Gasteiger partial charge in [-0.25, -0.2) is 4.98 Å². The highest BCUT2D eigenvalue weighted by Crippen LogP contribution is 2.25. The molecule has 7 heteroatoms. The van der Waals surface area contributed by atoms with Crippen LogP contribution in [0.4, 0.5) is 12.9 Å². The maximum absolute atomic E-state index is 12.1. The van der Waals surface area contributed by atoms with E-state index in [9.17, 15) is 12.9 Å². The summed E-state index contributed by atoms with van der Waals surface area (Å²) in [6.07, 6.45) is 1.39. The van der Waals surface area contributed by atoms with Gasteiger partial charge in [0.25, 0.3) is 5.22 Å². The number of halogens is 3. The van der Waals surface area contributed by atoms with Crippen LogP contribution in [-0.2, 0) is 0 Å². The van der Waals surface area contributed by atoms with Gasteiger partial charge in [0, 0.05) is 0 Å². The molecule has 14 heavy (non-hydrogen) atoms. The molecule has 0 N–H and O–H groups in total. The number of aryl methyl sites for hydroxylation is 1. The van der Waals surface area contributed by atoms with Crippen molar-refractivity contribution in [1.82, 2.24) is 4.98 Å². The van der Waals surface area contributed by atoms with Crippen molar-refractivity contribution in [3.05, 3.63) is 24.0 Å². The maximum Gasteiger partial charge on any atom is 0.505 e. The van der Waals surface area contributed by atoms with Gasteiger partial charge in [0.05, 0.1) is 5.69 Å². The molecule has 0 aliphatic heterocycles. The zero-order valence-electron chi connectivity index (χ0n) is 7.47. The van der Waals surface area contributed by atoms with Gasteiger partial charge in [-0.15, -0.1) is 12.1 Å². The second-order valence-corrected chi connectivity index (χ2v) is 3.70. The van der Waals surface area contributed by atoms with E-state index in [-0.39, 0.29) is 11.0 Å². The van der Waals surface area contributed by atoms with Crippen molar-refractivity contribution >= 4 is 18.7 Å². The Morgan fingerprint density at radius 1 is 1.64 bits per heavy atom. The van der Waals surface area contributed by atoms with Crippen molar-refractivity contribution in [2.24, 2.45) is 0 Å². The zero-order valence-corrected chi connectivity index (χ0v) is 8.28. The maximum atomic E-state index is 12.1. The van der Waals surface area contributed by atoms with Crippen LogP contribution in [0.1, 0.15) is 5.69 Å². The lowest BCUT2D eigenvalue weighted by atomic mass is 9.82. The quantitative estimate of drug-likeness (QED) is 0.578. The van der Waals surface area contributed by atoms with Crippen molar-refractivity contribution in [3.8, 4) is 0 Å². The number of aromatic nitrogens is 1. The molecule has 0 unspecified atom stereocenters. The molecule has 1 heterocycles. The fourth-order valence-electron chi connectivity index (χ4n) is 0.648. The molecule has 0 fully saturated rings. The van der Waals surface area contributed by atoms with E-state index < -0.39 is 12.4 Å². The van der Waals surface area contributed by atoms with Crippen molar-refractivity contribution in [2.75, 3.05) is 5.75 Å². The molecule has 0 saturated heterocycles. The van der Waals surface area contributed by atoms with Crippen LogP contribution in [0.5, 0.6) is 0 Å². The van der Waals surface area contributed by atoms with E-state index in [2.05, 4.69) is 11.6 Å². The zero-order chi connectivity index (χ0) is 10.8. The van der Waals surface area contributed by atoms with E-state index in [4.69, 9.17) is 4.42 Å². The highest BCUT2D eigenvalue weighted by Gasteiger charge is 2.26. The van der Waals surface area contributed by atoms with Crippen LogP contribution in [0.25, 0.3) is 0 Å². The lowest BCUT2D eigenvalue weighted by molar-refractivity contribution is 0.454. The highest BCUT2D eigenvalue weighted by molar-refractivity contribution is 7.99. The third-order valence-electron chi connectivity index (χ3n) is 1.44. The summed E-state index contributed by atoms with van der Waals surface area (Å²) in [7, 11) is 0. The molecule has 0 atom stereocenters. The Balaban J connectivity index is 2.46. The van der Waals surface area contributed by atoms with Crippen molar-refractivity contribution in [1.29, 1.82) is 0 Å². The lowest BCUT2D eigenvalue weighted by Gasteiger charge is -2.16. The van der Waals surface area contributed by atoms with E-state index in [1.807, 2.05) is 0 Å². The van der Waals surface area contributed by atoms with Crippen LogP contribution in [0.2, 0.25) is 0 Å². The molecule has 0 amide bonds. The highest BCUT2D eigenvalue weighted by atomic mass is 32.2. The van der Waals surface area contributed by atoms with Gasteiger partial charge in [0.1, 0.15) is 6.26 Å². The van der Waals surface area contributed by atoms with Gasteiger partial charge in [0.15, 0.2) is 0 Å². The fraction of sp³-hybridized carbons (Fsp3) is 0.286. The molecule has 0 saturated carbocycles. The Morgan fingerprint density at radius 3 is 2.71 bits per heavy atom. The first-order valence-corrected chi connectivity index (χ1v) is 4.80. The minimum absolute atomic E-state index is 0.233. The molecule has 0 radical (unpaired) electrons. The topological polar surface area (TPSA) is 26.0 Å². The molecule has 1 rings (SSSR count). The molecule has 1 aromatic heterocycles. The first-order valence-electron chi connectivity index (χ1n) is 3.82. The van der Waals surface area contributed by atoms with Gasteiger partial charge in [0.2, 0.25) is 0 Å². The normalized spacial score (nSPS) is 11.7. The summed E-state index contributed by atoms with van der Waals surface area (Å²) in [5.74, 6) is -0.233. The van der Waals surface area contributed by atoms with Crippen LogP contribution in [0.15, 0.2) is 28.0 Å². The molecule has 2 nitrogen and oxygen atoms in total. The number of hydrogen-bond acceptors (Lipinski definition) is 3.